The number of benzene rings is 1. The summed E-state index contributed by atoms with van der Waals surface area (Å²) in [6, 6.07) is 6.52. The second kappa shape index (κ2) is 10.5. The van der Waals surface area contributed by atoms with Crippen LogP contribution in [0.4, 0.5) is 5.69 Å². The molecule has 138 valence electrons. The predicted octanol–water partition coefficient (Wildman–Crippen LogP) is 2.86. The van der Waals surface area contributed by atoms with Crippen molar-refractivity contribution in [3.8, 4) is 0 Å². The Morgan fingerprint density at radius 3 is 1.96 bits per heavy atom. The van der Waals surface area contributed by atoms with E-state index < -0.39 is 5.97 Å². The highest BCUT2D eigenvalue weighted by atomic mass is 16.5. The molecule has 0 unspecified atom stereocenters. The van der Waals surface area contributed by atoms with Crippen LogP contribution in [0, 0.1) is 0 Å². The van der Waals surface area contributed by atoms with Gasteiger partial charge in [0.05, 0.1) is 12.2 Å². The Morgan fingerprint density at radius 1 is 0.960 bits per heavy atom. The summed E-state index contributed by atoms with van der Waals surface area (Å²) < 4.78 is 4.95. The van der Waals surface area contributed by atoms with Crippen molar-refractivity contribution < 1.29 is 19.1 Å². The second-order valence-electron chi connectivity index (χ2n) is 5.75. The van der Waals surface area contributed by atoms with E-state index >= 15 is 0 Å². The molecule has 0 radical (unpaired) electrons. The van der Waals surface area contributed by atoms with E-state index in [4.69, 9.17) is 4.74 Å². The second-order valence-corrected chi connectivity index (χ2v) is 5.75. The molecule has 0 aliphatic carbocycles. The number of rotatable bonds is 9. The number of amides is 2. The topological polar surface area (TPSA) is 66.9 Å². The largest absolute Gasteiger partial charge is 0.462 e. The van der Waals surface area contributed by atoms with Crippen molar-refractivity contribution in [2.75, 3.05) is 31.1 Å². The van der Waals surface area contributed by atoms with E-state index in [1.54, 1.807) is 36.1 Å². The zero-order chi connectivity index (χ0) is 18.8. The first-order valence-corrected chi connectivity index (χ1v) is 8.77. The fourth-order valence-corrected chi connectivity index (χ4v) is 2.51. The van der Waals surface area contributed by atoms with Gasteiger partial charge in [-0.3, -0.25) is 9.59 Å². The molecule has 1 rings (SSSR count). The third-order valence-corrected chi connectivity index (χ3v) is 3.70. The first-order chi connectivity index (χ1) is 11.9. The SMILES string of the molecule is CCCN(CCC)C(=O)CN(C(C)=O)c1ccc(C(=O)OCC)cc1. The zero-order valence-corrected chi connectivity index (χ0v) is 15.6. The Morgan fingerprint density at radius 2 is 1.52 bits per heavy atom. The molecule has 0 saturated carbocycles. The lowest BCUT2D eigenvalue weighted by molar-refractivity contribution is -0.131. The summed E-state index contributed by atoms with van der Waals surface area (Å²) >= 11 is 0. The smallest absolute Gasteiger partial charge is 0.338 e. The number of hydrogen-bond donors (Lipinski definition) is 0. The van der Waals surface area contributed by atoms with E-state index in [-0.39, 0.29) is 18.4 Å². The van der Waals surface area contributed by atoms with Crippen LogP contribution in [-0.4, -0.2) is 48.9 Å². The van der Waals surface area contributed by atoms with Crippen molar-refractivity contribution >= 4 is 23.5 Å². The van der Waals surface area contributed by atoms with Crippen LogP contribution in [0.5, 0.6) is 0 Å². The van der Waals surface area contributed by atoms with Crippen molar-refractivity contribution in [1.29, 1.82) is 0 Å². The van der Waals surface area contributed by atoms with E-state index in [2.05, 4.69) is 0 Å². The van der Waals surface area contributed by atoms with Crippen molar-refractivity contribution in [3.63, 3.8) is 0 Å². The van der Waals surface area contributed by atoms with Crippen LogP contribution >= 0.6 is 0 Å². The van der Waals surface area contributed by atoms with Gasteiger partial charge in [-0.1, -0.05) is 13.8 Å². The molecule has 0 heterocycles. The maximum Gasteiger partial charge on any atom is 0.338 e. The van der Waals surface area contributed by atoms with Crippen molar-refractivity contribution in [3.05, 3.63) is 29.8 Å². The fraction of sp³-hybridized carbons (Fsp3) is 0.526. The third-order valence-electron chi connectivity index (χ3n) is 3.70. The molecule has 6 nitrogen and oxygen atoms in total. The predicted molar refractivity (Wildman–Crippen MR) is 97.6 cm³/mol. The van der Waals surface area contributed by atoms with Crippen LogP contribution in [0.3, 0.4) is 0 Å². The molecule has 0 spiro atoms. The van der Waals surface area contributed by atoms with E-state index in [0.717, 1.165) is 12.8 Å². The van der Waals surface area contributed by atoms with Gasteiger partial charge in [-0.2, -0.15) is 0 Å². The van der Waals surface area contributed by atoms with Gasteiger partial charge in [0.25, 0.3) is 0 Å². The monoisotopic (exact) mass is 348 g/mol. The number of esters is 1. The van der Waals surface area contributed by atoms with Gasteiger partial charge in [-0.05, 0) is 44.0 Å². The normalized spacial score (nSPS) is 10.2. The Balaban J connectivity index is 2.91. The number of ether oxygens (including phenoxy) is 1. The van der Waals surface area contributed by atoms with Crippen LogP contribution in [0.2, 0.25) is 0 Å². The van der Waals surface area contributed by atoms with Crippen LogP contribution in [0.25, 0.3) is 0 Å². The molecule has 1 aromatic rings. The summed E-state index contributed by atoms with van der Waals surface area (Å²) in [5.74, 6) is -0.699. The third kappa shape index (κ3) is 6.21. The molecular formula is C19H28N2O4. The summed E-state index contributed by atoms with van der Waals surface area (Å²) in [4.78, 5) is 39.4. The number of anilines is 1. The van der Waals surface area contributed by atoms with E-state index in [9.17, 15) is 14.4 Å². The van der Waals surface area contributed by atoms with Crippen molar-refractivity contribution in [1.82, 2.24) is 4.90 Å². The number of carbonyl (C=O) groups excluding carboxylic acids is 3. The summed E-state index contributed by atoms with van der Waals surface area (Å²) in [5.41, 5.74) is 1.00. The maximum atomic E-state index is 12.5. The number of hydrogen-bond acceptors (Lipinski definition) is 4. The Labute approximate surface area is 149 Å². The Bertz CT molecular complexity index is 578. The molecule has 0 fully saturated rings. The molecule has 0 aromatic heterocycles. The highest BCUT2D eigenvalue weighted by molar-refractivity contribution is 5.98. The standard InChI is InChI=1S/C19H28N2O4/c1-5-12-20(13-6-2)18(23)14-21(15(4)22)17-10-8-16(9-11-17)19(24)25-7-3/h8-11H,5-7,12-14H2,1-4H3. The highest BCUT2D eigenvalue weighted by Crippen LogP contribution is 2.17. The molecule has 0 atom stereocenters. The van der Waals surface area contributed by atoms with E-state index in [1.165, 1.54) is 11.8 Å². The van der Waals surface area contributed by atoms with E-state index in [0.29, 0.717) is 30.9 Å². The molecule has 0 N–H and O–H groups in total. The van der Waals surface area contributed by atoms with Gasteiger partial charge in [-0.25, -0.2) is 4.79 Å². The average Bonchev–Trinajstić information content (AvgIpc) is 2.59. The molecule has 0 aliphatic heterocycles. The molecule has 0 saturated heterocycles. The quantitative estimate of drug-likeness (QED) is 0.644. The van der Waals surface area contributed by atoms with Gasteiger partial charge in [0, 0.05) is 25.7 Å². The Hall–Kier alpha value is -2.37. The molecule has 0 aliphatic rings. The summed E-state index contributed by atoms with van der Waals surface area (Å²) in [7, 11) is 0. The van der Waals surface area contributed by atoms with Crippen molar-refractivity contribution in [2.45, 2.75) is 40.5 Å². The fourth-order valence-electron chi connectivity index (χ4n) is 2.51. The van der Waals surface area contributed by atoms with Crippen molar-refractivity contribution in [2.24, 2.45) is 0 Å². The summed E-state index contributed by atoms with van der Waals surface area (Å²) in [6.45, 7) is 8.87. The first-order valence-electron chi connectivity index (χ1n) is 8.77. The summed E-state index contributed by atoms with van der Waals surface area (Å²) in [6.07, 6.45) is 1.75. The highest BCUT2D eigenvalue weighted by Gasteiger charge is 2.20. The van der Waals surface area contributed by atoms with Gasteiger partial charge in [0.1, 0.15) is 6.54 Å². The van der Waals surface area contributed by atoms with Gasteiger partial charge >= 0.3 is 5.97 Å². The lowest BCUT2D eigenvalue weighted by Gasteiger charge is -2.26. The minimum atomic E-state index is -0.406. The van der Waals surface area contributed by atoms with Crippen LogP contribution < -0.4 is 4.90 Å². The van der Waals surface area contributed by atoms with Gasteiger partial charge in [-0.15, -0.1) is 0 Å². The van der Waals surface area contributed by atoms with E-state index in [1.807, 2.05) is 13.8 Å². The molecule has 25 heavy (non-hydrogen) atoms. The summed E-state index contributed by atoms with van der Waals surface area (Å²) in [5, 5.41) is 0. The van der Waals surface area contributed by atoms with Gasteiger partial charge < -0.3 is 14.5 Å². The zero-order valence-electron chi connectivity index (χ0n) is 15.6. The molecule has 1 aromatic carbocycles. The molecule has 0 bridgehead atoms. The minimum Gasteiger partial charge on any atom is -0.462 e. The average molecular weight is 348 g/mol. The van der Waals surface area contributed by atoms with Crippen LogP contribution in [0.15, 0.2) is 24.3 Å². The van der Waals surface area contributed by atoms with Gasteiger partial charge in [0.15, 0.2) is 0 Å². The molecule has 2 amide bonds. The lowest BCUT2D eigenvalue weighted by atomic mass is 10.2. The Kier molecular flexibility index (Phi) is 8.67. The van der Waals surface area contributed by atoms with Crippen LogP contribution in [-0.2, 0) is 14.3 Å². The molecular weight excluding hydrogens is 320 g/mol. The number of carbonyl (C=O) groups is 3. The van der Waals surface area contributed by atoms with Gasteiger partial charge in [0.2, 0.25) is 11.8 Å². The lowest BCUT2D eigenvalue weighted by Crippen LogP contribution is -2.43. The number of nitrogens with zero attached hydrogens (tertiary/aromatic N) is 2. The van der Waals surface area contributed by atoms with Crippen LogP contribution in [0.1, 0.15) is 50.9 Å². The minimum absolute atomic E-state index is 0.00587. The molecule has 6 heteroatoms. The maximum absolute atomic E-state index is 12.5. The first kappa shape index (κ1) is 20.7.